The Morgan fingerprint density at radius 2 is 1.75 bits per heavy atom. The Balaban J connectivity index is 3.62. The van der Waals surface area contributed by atoms with Crippen LogP contribution in [0.3, 0.4) is 0 Å². The zero-order valence-electron chi connectivity index (χ0n) is 13.5. The predicted molar refractivity (Wildman–Crippen MR) is 85.4 cm³/mol. The third kappa shape index (κ3) is 13.6. The Morgan fingerprint density at radius 1 is 0.950 bits per heavy atom. The third-order valence-electron chi connectivity index (χ3n) is 2.83. The molecule has 0 aliphatic carbocycles. The molecule has 120 valence electrons. The first kappa shape index (κ1) is 19.2. The van der Waals surface area contributed by atoms with Crippen molar-refractivity contribution in [2.24, 2.45) is 4.99 Å². The summed E-state index contributed by atoms with van der Waals surface area (Å²) in [5.74, 6) is 0.927. The van der Waals surface area contributed by atoms with E-state index in [9.17, 15) is 0 Å². The number of unbranched alkanes of at least 4 members (excludes halogenated alkanes) is 3. The van der Waals surface area contributed by atoms with E-state index in [0.29, 0.717) is 0 Å². The van der Waals surface area contributed by atoms with E-state index < -0.39 is 0 Å². The zero-order chi connectivity index (χ0) is 14.9. The van der Waals surface area contributed by atoms with E-state index in [-0.39, 0.29) is 0 Å². The highest BCUT2D eigenvalue weighted by atomic mass is 16.5. The Bertz CT molecular complexity index is 223. The molecule has 0 spiro atoms. The van der Waals surface area contributed by atoms with Gasteiger partial charge in [0.15, 0.2) is 5.96 Å². The molecule has 0 amide bonds. The largest absolute Gasteiger partial charge is 0.385 e. The van der Waals surface area contributed by atoms with Crippen LogP contribution in [0.4, 0.5) is 0 Å². The van der Waals surface area contributed by atoms with Crippen molar-refractivity contribution in [1.82, 2.24) is 10.6 Å². The summed E-state index contributed by atoms with van der Waals surface area (Å²) in [5.41, 5.74) is 0. The number of rotatable bonds is 13. The van der Waals surface area contributed by atoms with Crippen molar-refractivity contribution >= 4 is 5.96 Å². The van der Waals surface area contributed by atoms with Crippen LogP contribution in [0.5, 0.6) is 0 Å². The number of hydrogen-bond acceptors (Lipinski definition) is 3. The van der Waals surface area contributed by atoms with E-state index in [1.807, 2.05) is 6.92 Å². The van der Waals surface area contributed by atoms with E-state index in [4.69, 9.17) is 9.47 Å². The maximum absolute atomic E-state index is 5.32. The molecule has 0 aromatic heterocycles. The number of nitrogens with one attached hydrogen (secondary N) is 2. The average molecular weight is 287 g/mol. The molecule has 0 bridgehead atoms. The lowest BCUT2D eigenvalue weighted by Gasteiger charge is -2.11. The molecule has 0 heterocycles. The first-order valence-corrected chi connectivity index (χ1v) is 7.94. The SMILES string of the molecule is CCNC(=NCCCCCOC)NCCCCOCC. The van der Waals surface area contributed by atoms with Crippen LogP contribution in [-0.4, -0.2) is 52.5 Å². The number of ether oxygens (including phenoxy) is 2. The molecule has 20 heavy (non-hydrogen) atoms. The van der Waals surface area contributed by atoms with Gasteiger partial charge in [0.1, 0.15) is 0 Å². The predicted octanol–water partition coefficient (Wildman–Crippen LogP) is 2.17. The molecule has 0 rings (SSSR count). The van der Waals surface area contributed by atoms with Crippen LogP contribution in [-0.2, 0) is 9.47 Å². The monoisotopic (exact) mass is 287 g/mol. The summed E-state index contributed by atoms with van der Waals surface area (Å²) in [6.45, 7) is 9.34. The van der Waals surface area contributed by atoms with E-state index in [1.54, 1.807) is 7.11 Å². The fourth-order valence-corrected chi connectivity index (χ4v) is 1.75. The second kappa shape index (κ2) is 16.2. The fraction of sp³-hybridized carbons (Fsp3) is 0.933. The van der Waals surface area contributed by atoms with Gasteiger partial charge in [-0.3, -0.25) is 4.99 Å². The molecule has 5 nitrogen and oxygen atoms in total. The van der Waals surface area contributed by atoms with Crippen LogP contribution in [0.2, 0.25) is 0 Å². The van der Waals surface area contributed by atoms with Crippen LogP contribution in [0.25, 0.3) is 0 Å². The molecular formula is C15H33N3O2. The number of nitrogens with zero attached hydrogens (tertiary/aromatic N) is 1. The van der Waals surface area contributed by atoms with Gasteiger partial charge in [0.2, 0.25) is 0 Å². The highest BCUT2D eigenvalue weighted by Crippen LogP contribution is 1.95. The number of methoxy groups -OCH3 is 1. The van der Waals surface area contributed by atoms with Crippen molar-refractivity contribution in [3.05, 3.63) is 0 Å². The van der Waals surface area contributed by atoms with Crippen LogP contribution >= 0.6 is 0 Å². The molecule has 5 heteroatoms. The van der Waals surface area contributed by atoms with Gasteiger partial charge < -0.3 is 20.1 Å². The van der Waals surface area contributed by atoms with Gasteiger partial charge in [-0.2, -0.15) is 0 Å². The molecule has 0 saturated heterocycles. The third-order valence-corrected chi connectivity index (χ3v) is 2.83. The minimum absolute atomic E-state index is 0.806. The minimum Gasteiger partial charge on any atom is -0.385 e. The fourth-order valence-electron chi connectivity index (χ4n) is 1.75. The Labute approximate surface area is 124 Å². The number of hydrogen-bond donors (Lipinski definition) is 2. The van der Waals surface area contributed by atoms with Crippen molar-refractivity contribution in [2.75, 3.05) is 46.6 Å². The van der Waals surface area contributed by atoms with Gasteiger partial charge >= 0.3 is 0 Å². The molecule has 0 fully saturated rings. The highest BCUT2D eigenvalue weighted by molar-refractivity contribution is 5.79. The van der Waals surface area contributed by atoms with Crippen LogP contribution < -0.4 is 10.6 Å². The maximum atomic E-state index is 5.32. The molecule has 2 N–H and O–H groups in total. The summed E-state index contributed by atoms with van der Waals surface area (Å²) in [7, 11) is 1.75. The summed E-state index contributed by atoms with van der Waals surface area (Å²) < 4.78 is 10.3. The molecule has 0 aliphatic heterocycles. The van der Waals surface area contributed by atoms with Gasteiger partial charge in [-0.15, -0.1) is 0 Å². The van der Waals surface area contributed by atoms with Gasteiger partial charge in [-0.1, -0.05) is 0 Å². The Kier molecular flexibility index (Phi) is 15.6. The van der Waals surface area contributed by atoms with Crippen LogP contribution in [0.15, 0.2) is 4.99 Å². The lowest BCUT2D eigenvalue weighted by atomic mass is 10.2. The van der Waals surface area contributed by atoms with E-state index in [0.717, 1.165) is 71.1 Å². The molecule has 0 aromatic carbocycles. The van der Waals surface area contributed by atoms with E-state index >= 15 is 0 Å². The first-order valence-electron chi connectivity index (χ1n) is 7.94. The highest BCUT2D eigenvalue weighted by Gasteiger charge is 1.96. The maximum Gasteiger partial charge on any atom is 0.191 e. The Hall–Kier alpha value is -0.810. The summed E-state index contributed by atoms with van der Waals surface area (Å²) in [6.07, 6.45) is 5.61. The average Bonchev–Trinajstić information content (AvgIpc) is 2.46. The molecule has 0 radical (unpaired) electrons. The van der Waals surface area contributed by atoms with Crippen molar-refractivity contribution in [3.8, 4) is 0 Å². The van der Waals surface area contributed by atoms with Crippen LogP contribution in [0.1, 0.15) is 46.0 Å². The van der Waals surface area contributed by atoms with E-state index in [1.165, 1.54) is 6.42 Å². The second-order valence-electron chi connectivity index (χ2n) is 4.64. The van der Waals surface area contributed by atoms with Gasteiger partial charge in [0.05, 0.1) is 0 Å². The van der Waals surface area contributed by atoms with Crippen molar-refractivity contribution in [2.45, 2.75) is 46.0 Å². The topological polar surface area (TPSA) is 54.9 Å². The van der Waals surface area contributed by atoms with Gasteiger partial charge in [0.25, 0.3) is 0 Å². The zero-order valence-corrected chi connectivity index (χ0v) is 13.5. The van der Waals surface area contributed by atoms with Gasteiger partial charge in [-0.05, 0) is 46.0 Å². The summed E-state index contributed by atoms with van der Waals surface area (Å²) in [6, 6.07) is 0. The first-order chi connectivity index (χ1) is 9.85. The number of aliphatic imine (C=N–C) groups is 1. The summed E-state index contributed by atoms with van der Waals surface area (Å²) in [4.78, 5) is 4.57. The smallest absolute Gasteiger partial charge is 0.191 e. The molecule has 0 aliphatic rings. The normalized spacial score (nSPS) is 11.7. The molecule has 0 atom stereocenters. The number of guanidine groups is 1. The van der Waals surface area contributed by atoms with Crippen molar-refractivity contribution in [3.63, 3.8) is 0 Å². The lowest BCUT2D eigenvalue weighted by molar-refractivity contribution is 0.143. The summed E-state index contributed by atoms with van der Waals surface area (Å²) >= 11 is 0. The van der Waals surface area contributed by atoms with E-state index in [2.05, 4.69) is 22.5 Å². The van der Waals surface area contributed by atoms with Crippen molar-refractivity contribution < 1.29 is 9.47 Å². The second-order valence-corrected chi connectivity index (χ2v) is 4.64. The molecule has 0 unspecified atom stereocenters. The van der Waals surface area contributed by atoms with Crippen LogP contribution in [0, 0.1) is 0 Å². The Morgan fingerprint density at radius 3 is 2.45 bits per heavy atom. The molecular weight excluding hydrogens is 254 g/mol. The van der Waals surface area contributed by atoms with Crippen molar-refractivity contribution in [1.29, 1.82) is 0 Å². The quantitative estimate of drug-likeness (QED) is 0.310. The molecule has 0 saturated carbocycles. The standard InChI is InChI=1S/C15H33N3O2/c1-4-16-15(17-11-7-6-9-13-19-3)18-12-8-10-14-20-5-2/h4-14H2,1-3H3,(H2,16,17,18). The molecule has 0 aromatic rings. The van der Waals surface area contributed by atoms with Gasteiger partial charge in [-0.25, -0.2) is 0 Å². The summed E-state index contributed by atoms with van der Waals surface area (Å²) in [5, 5.41) is 6.63. The van der Waals surface area contributed by atoms with Gasteiger partial charge in [0, 0.05) is 46.6 Å². The minimum atomic E-state index is 0.806. The lowest BCUT2D eigenvalue weighted by Crippen LogP contribution is -2.37.